The highest BCUT2D eigenvalue weighted by Gasteiger charge is 2.46. The minimum atomic E-state index is -4.15. The highest BCUT2D eigenvalue weighted by Crippen LogP contribution is 2.53. The Bertz CT molecular complexity index is 5850. The lowest BCUT2D eigenvalue weighted by Crippen LogP contribution is -2.34. The molecular formula is C94H109N8O10S3+. The van der Waals surface area contributed by atoms with Crippen molar-refractivity contribution in [3.05, 3.63) is 229 Å². The van der Waals surface area contributed by atoms with Crippen LogP contribution in [0.15, 0.2) is 166 Å². The average molecular weight is 1610 g/mol. The molecule has 7 heterocycles. The van der Waals surface area contributed by atoms with Gasteiger partial charge in [-0.25, -0.2) is 4.98 Å². The van der Waals surface area contributed by atoms with Gasteiger partial charge in [-0.15, -0.1) is 0 Å². The zero-order chi connectivity index (χ0) is 81.4. The molecule has 14 rings (SSSR count). The topological polar surface area (TPSA) is 257 Å². The van der Waals surface area contributed by atoms with E-state index in [1.165, 1.54) is 17.5 Å². The van der Waals surface area contributed by atoms with Crippen molar-refractivity contribution >= 4 is 121 Å². The fraction of sp³-hybridized carbons (Fsp3) is 0.404. The molecule has 3 aromatic heterocycles. The van der Waals surface area contributed by atoms with Crippen LogP contribution in [-0.4, -0.2) is 118 Å². The average Bonchev–Trinajstić information content (AvgIpc) is 1.58. The van der Waals surface area contributed by atoms with Gasteiger partial charge >= 0.3 is 0 Å². The summed E-state index contributed by atoms with van der Waals surface area (Å²) in [7, 11) is -8.30. The maximum atomic E-state index is 14.4. The van der Waals surface area contributed by atoms with Crippen molar-refractivity contribution in [1.29, 1.82) is 0 Å². The van der Waals surface area contributed by atoms with Crippen LogP contribution in [0.3, 0.4) is 0 Å². The number of hydrogen-bond donors (Lipinski definition) is 6. The predicted octanol–water partition coefficient (Wildman–Crippen LogP) is 20.3. The first-order valence-electron chi connectivity index (χ1n) is 41.2. The quantitative estimate of drug-likeness (QED) is 0.0139. The zero-order valence-corrected chi connectivity index (χ0v) is 70.7. The lowest BCUT2D eigenvalue weighted by atomic mass is 9.78. The molecule has 8 aromatic rings. The highest BCUT2D eigenvalue weighted by molar-refractivity contribution is 8.03. The lowest BCUT2D eigenvalue weighted by Gasteiger charge is -2.28. The van der Waals surface area contributed by atoms with Crippen molar-refractivity contribution in [3.8, 4) is 0 Å². The van der Waals surface area contributed by atoms with Crippen molar-refractivity contribution in [3.63, 3.8) is 0 Å². The van der Waals surface area contributed by atoms with Crippen molar-refractivity contribution < 1.29 is 49.6 Å². The Balaban J connectivity index is 0.734. The standard InChI is InChI=1S/C94H108N8O10S3/c1-12-14-15-22-49-112-61(7)85-59(5)75-54-74-58(4)69(89(99-74)72-53-81(103)86-60(6)76(100-90(72)86)55-77-68(13-2)57(3)73(97-77)56-78(85)98-75)39-44-84(104)95-45-46-96-92(105)66-31-26-32-67(52-66)113-91-64(37-42-82-93(8,9)87-70-33-18-16-27-62(70)35-40-79(87)101(82)47-20-23-50-114(106,107)108)29-25-30-65(91)38-43-83-94(10,11)88-71-34-19-17-28-63(71)36-41-80(88)102(83)48-21-24-51-115(109,110)111/h16-19,26-28,31-38,40-43,52,54-56,58,61,69H,12-15,20-25,29-30,39,44-51,53H2,1-11H3,(H5-,95,96,97,98,99,100,103,104,105,106,107,108,109,110,111)/p+1/t58-,61?,69-/m0/s1. The Hall–Kier alpha value is -9.35. The first-order valence-corrected chi connectivity index (χ1v) is 45.2. The molecule has 0 radical (unpaired) electrons. The number of thioether (sulfide) groups is 1. The Morgan fingerprint density at radius 1 is 0.739 bits per heavy atom. The third kappa shape index (κ3) is 17.1. The third-order valence-corrected chi connectivity index (χ3v) is 27.4. The number of anilines is 1. The second-order valence-corrected chi connectivity index (χ2v) is 37.2. The van der Waals surface area contributed by atoms with Crippen LogP contribution >= 0.6 is 11.8 Å². The number of Topliss-reactive ketones (excluding diaryl/α,β-unsaturated/α-hetero) is 1. The number of carbonyl (C=O) groups is 3. The minimum Gasteiger partial charge on any atom is -0.374 e. The van der Waals surface area contributed by atoms with Gasteiger partial charge in [0.25, 0.3) is 26.1 Å². The van der Waals surface area contributed by atoms with Crippen molar-refractivity contribution in [1.82, 2.24) is 30.6 Å². The molecule has 3 atom stereocenters. The van der Waals surface area contributed by atoms with Gasteiger partial charge in [0.2, 0.25) is 11.6 Å². The van der Waals surface area contributed by atoms with Crippen LogP contribution in [0.25, 0.3) is 54.8 Å². The number of allylic oxidation sites excluding steroid dienone is 9. The van der Waals surface area contributed by atoms with E-state index in [1.54, 1.807) is 17.8 Å². The number of hydrogen-bond acceptors (Lipinski definition) is 12. The molecular weight excluding hydrogens is 1500 g/mol. The normalized spacial score (nSPS) is 18.2. The smallest absolute Gasteiger partial charge is 0.264 e. The Labute approximate surface area is 681 Å². The molecule has 6 aliphatic rings. The van der Waals surface area contributed by atoms with Gasteiger partial charge in [-0.3, -0.25) is 28.5 Å². The van der Waals surface area contributed by atoms with Gasteiger partial charge in [0.1, 0.15) is 6.54 Å². The maximum Gasteiger partial charge on any atom is 0.264 e. The number of aryl methyl sites for hydroxylation is 2. The molecule has 0 saturated heterocycles. The molecule has 1 unspecified atom stereocenters. The Morgan fingerprint density at radius 3 is 2.18 bits per heavy atom. The number of ketones is 1. The Kier molecular flexibility index (Phi) is 24.4. The van der Waals surface area contributed by atoms with E-state index in [-0.39, 0.29) is 73.0 Å². The number of nitrogens with zero attached hydrogens (tertiary/aromatic N) is 4. The van der Waals surface area contributed by atoms with E-state index >= 15 is 0 Å². The van der Waals surface area contributed by atoms with Crippen LogP contribution in [0.5, 0.6) is 0 Å². The molecule has 2 amide bonds. The van der Waals surface area contributed by atoms with E-state index in [9.17, 15) is 40.3 Å². The summed E-state index contributed by atoms with van der Waals surface area (Å²) in [6.45, 7) is 26.0. The monoisotopic (exact) mass is 1610 g/mol. The molecule has 8 bridgehead atoms. The Morgan fingerprint density at radius 2 is 1.44 bits per heavy atom. The number of fused-ring (bicyclic) bond motifs is 14. The van der Waals surface area contributed by atoms with E-state index in [0.29, 0.717) is 62.9 Å². The molecule has 0 fully saturated rings. The summed E-state index contributed by atoms with van der Waals surface area (Å²) in [6.07, 6.45) is 18.9. The van der Waals surface area contributed by atoms with Crippen LogP contribution in [0.4, 0.5) is 11.4 Å². The molecule has 2 aliphatic carbocycles. The summed E-state index contributed by atoms with van der Waals surface area (Å²) >= 11 is 1.61. The fourth-order valence-corrected chi connectivity index (χ4v) is 20.9. The van der Waals surface area contributed by atoms with Gasteiger partial charge in [0, 0.05) is 146 Å². The van der Waals surface area contributed by atoms with Crippen LogP contribution in [0.1, 0.15) is 247 Å². The molecule has 6 N–H and O–H groups in total. The first-order chi connectivity index (χ1) is 55.0. The van der Waals surface area contributed by atoms with Gasteiger partial charge in [-0.1, -0.05) is 138 Å². The number of aromatic amines is 2. The van der Waals surface area contributed by atoms with Gasteiger partial charge in [0.05, 0.1) is 45.6 Å². The van der Waals surface area contributed by atoms with Crippen LogP contribution < -0.4 is 15.5 Å². The van der Waals surface area contributed by atoms with Crippen LogP contribution in [0.2, 0.25) is 0 Å². The molecule has 21 heteroatoms. The largest absolute Gasteiger partial charge is 0.374 e. The number of rotatable bonds is 30. The molecule has 0 spiro atoms. The number of ether oxygens (including phenoxy) is 1. The SMILES string of the molecule is CCCCCCOC(C)c1c(C)c2cc3nc(c4c5[nH]c(cc6nc(cc1[nH]2)C(C)=C6CC)c(C)c5C(=O)C4)[C@@H](CCC(=O)NCCNC(=O)c1cccc(SC2=C(/C=C/C4=[N+](CCCCS(=O)(=O)O)c5ccc6ccccc6c5C4(C)C)CCC/C2=C\C=C2\N(CCCCS(=O)(=O)O)c4ccc5ccccc5c4C2(C)C)c1)[C@@H]3C. The van der Waals surface area contributed by atoms with Gasteiger partial charge < -0.3 is 30.2 Å². The number of H-pyrrole nitrogens is 2. The van der Waals surface area contributed by atoms with E-state index in [2.05, 4.69) is 202 Å². The third-order valence-electron chi connectivity index (χ3n) is 24.6. The fourth-order valence-electron chi connectivity index (χ4n) is 18.6. The molecule has 0 saturated carbocycles. The number of benzene rings is 5. The molecule has 115 heavy (non-hydrogen) atoms. The summed E-state index contributed by atoms with van der Waals surface area (Å²) in [6, 6.07) is 39.4. The van der Waals surface area contributed by atoms with E-state index in [4.69, 9.17) is 14.7 Å². The van der Waals surface area contributed by atoms with Crippen molar-refractivity contribution in [2.45, 2.75) is 206 Å². The molecule has 5 aromatic carbocycles. The molecule has 18 nitrogen and oxygen atoms in total. The van der Waals surface area contributed by atoms with E-state index < -0.39 is 31.1 Å². The summed E-state index contributed by atoms with van der Waals surface area (Å²) in [5.74, 6) is -1.36. The number of unbranched alkanes of at least 4 members (excludes halogenated alkanes) is 5. The lowest BCUT2D eigenvalue weighted by molar-refractivity contribution is -0.438. The van der Waals surface area contributed by atoms with Gasteiger partial charge in [-0.2, -0.15) is 21.4 Å². The summed E-state index contributed by atoms with van der Waals surface area (Å²) in [4.78, 5) is 65.3. The molecule has 602 valence electrons. The van der Waals surface area contributed by atoms with Crippen molar-refractivity contribution in [2.24, 2.45) is 0 Å². The molecule has 4 aliphatic heterocycles. The number of aromatic nitrogens is 4. The second-order valence-electron chi connectivity index (χ2n) is 33.0. The van der Waals surface area contributed by atoms with Crippen LogP contribution in [0, 0.1) is 13.8 Å². The summed E-state index contributed by atoms with van der Waals surface area (Å²) < 4.78 is 76.3. The first kappa shape index (κ1) is 82.2. The predicted molar refractivity (Wildman–Crippen MR) is 466 cm³/mol. The van der Waals surface area contributed by atoms with Crippen molar-refractivity contribution in [2.75, 3.05) is 49.2 Å². The van der Waals surface area contributed by atoms with Crippen LogP contribution in [-0.2, 0) is 47.0 Å². The van der Waals surface area contributed by atoms with E-state index in [1.807, 2.05) is 37.3 Å². The van der Waals surface area contributed by atoms with Gasteiger partial charge in [-0.05, 0) is 214 Å². The second kappa shape index (κ2) is 34.1. The zero-order valence-electron chi connectivity index (χ0n) is 68.2. The van der Waals surface area contributed by atoms with E-state index in [0.717, 1.165) is 188 Å². The maximum absolute atomic E-state index is 14.4. The van der Waals surface area contributed by atoms with Gasteiger partial charge in [0.15, 0.2) is 11.5 Å². The summed E-state index contributed by atoms with van der Waals surface area (Å²) in [5, 5.41) is 10.7. The number of nitrogens with one attached hydrogen (secondary N) is 4. The summed E-state index contributed by atoms with van der Waals surface area (Å²) in [5.41, 5.74) is 22.1. The minimum absolute atomic E-state index is 0.0389. The number of carbonyl (C=O) groups excluding carboxylic acids is 3. The number of amides is 2. The highest BCUT2D eigenvalue weighted by atomic mass is 32.2.